The summed E-state index contributed by atoms with van der Waals surface area (Å²) >= 11 is 0. The first-order valence-electron chi connectivity index (χ1n) is 9.80. The van der Waals surface area contributed by atoms with Gasteiger partial charge < -0.3 is 14.9 Å². The van der Waals surface area contributed by atoms with Crippen molar-refractivity contribution in [2.45, 2.75) is 39.0 Å². The number of anilines is 2. The second kappa shape index (κ2) is 8.08. The molecule has 1 aliphatic rings. The van der Waals surface area contributed by atoms with Crippen LogP contribution in [0.5, 0.6) is 0 Å². The predicted octanol–water partition coefficient (Wildman–Crippen LogP) is 2.49. The van der Waals surface area contributed by atoms with Crippen LogP contribution < -0.4 is 9.80 Å². The van der Waals surface area contributed by atoms with Crippen molar-refractivity contribution in [3.8, 4) is 11.4 Å². The van der Waals surface area contributed by atoms with Gasteiger partial charge in [0, 0.05) is 55.5 Å². The van der Waals surface area contributed by atoms with E-state index in [1.807, 2.05) is 24.3 Å². The summed E-state index contributed by atoms with van der Waals surface area (Å²) in [4.78, 5) is 26.6. The van der Waals surface area contributed by atoms with Crippen LogP contribution in [0.4, 0.5) is 11.6 Å². The van der Waals surface area contributed by atoms with Gasteiger partial charge >= 0.3 is 0 Å². The minimum Gasteiger partial charge on any atom is -0.385 e. The van der Waals surface area contributed by atoms with E-state index in [1.165, 1.54) is 0 Å². The summed E-state index contributed by atoms with van der Waals surface area (Å²) in [5, 5.41) is 9.82. The SMILES string of the molecule is C[C@@H]1CN(c2ccnc(-c3cccnc3)n2)C[C@H](C)N1c1ccnc([C@@H](C)O)n1. The van der Waals surface area contributed by atoms with Crippen LogP contribution in [0.15, 0.2) is 49.1 Å². The molecule has 4 heterocycles. The molecule has 29 heavy (non-hydrogen) atoms. The number of pyridine rings is 1. The Morgan fingerprint density at radius 2 is 1.69 bits per heavy atom. The van der Waals surface area contributed by atoms with Gasteiger partial charge in [0.1, 0.15) is 17.7 Å². The molecule has 1 aliphatic heterocycles. The smallest absolute Gasteiger partial charge is 0.163 e. The molecule has 3 aromatic rings. The summed E-state index contributed by atoms with van der Waals surface area (Å²) in [6.07, 6.45) is 6.34. The molecule has 0 unspecified atom stereocenters. The first-order chi connectivity index (χ1) is 14.0. The fraction of sp³-hybridized carbons (Fsp3) is 0.381. The third-order valence-corrected chi connectivity index (χ3v) is 5.10. The number of aliphatic hydroxyl groups excluding tert-OH is 1. The largest absolute Gasteiger partial charge is 0.385 e. The van der Waals surface area contributed by atoms with Crippen LogP contribution in [0.3, 0.4) is 0 Å². The molecule has 4 rings (SSSR count). The van der Waals surface area contributed by atoms with Gasteiger partial charge in [-0.15, -0.1) is 0 Å². The minimum absolute atomic E-state index is 0.215. The lowest BCUT2D eigenvalue weighted by Crippen LogP contribution is -2.57. The lowest BCUT2D eigenvalue weighted by molar-refractivity contribution is 0.189. The normalized spacial score (nSPS) is 20.6. The van der Waals surface area contributed by atoms with E-state index < -0.39 is 6.10 Å². The molecule has 1 fully saturated rings. The molecule has 3 aromatic heterocycles. The lowest BCUT2D eigenvalue weighted by Gasteiger charge is -2.45. The van der Waals surface area contributed by atoms with Crippen LogP contribution in [0, 0.1) is 0 Å². The van der Waals surface area contributed by atoms with Crippen LogP contribution in [0.1, 0.15) is 32.7 Å². The maximum absolute atomic E-state index is 9.82. The molecule has 0 radical (unpaired) electrons. The Morgan fingerprint density at radius 1 is 0.966 bits per heavy atom. The third-order valence-electron chi connectivity index (χ3n) is 5.10. The van der Waals surface area contributed by atoms with E-state index in [4.69, 9.17) is 4.98 Å². The molecule has 0 bridgehead atoms. The summed E-state index contributed by atoms with van der Waals surface area (Å²) in [6.45, 7) is 7.65. The molecule has 8 heteroatoms. The van der Waals surface area contributed by atoms with Crippen LogP contribution in [-0.2, 0) is 0 Å². The number of aliphatic hydroxyl groups is 1. The number of hydrogen-bond acceptors (Lipinski definition) is 8. The summed E-state index contributed by atoms with van der Waals surface area (Å²) in [7, 11) is 0. The Bertz CT molecular complexity index is 954. The van der Waals surface area contributed by atoms with Gasteiger partial charge in [-0.2, -0.15) is 0 Å². The van der Waals surface area contributed by atoms with Crippen LogP contribution in [-0.4, -0.2) is 55.2 Å². The van der Waals surface area contributed by atoms with E-state index >= 15 is 0 Å². The molecule has 0 spiro atoms. The van der Waals surface area contributed by atoms with Gasteiger partial charge in [-0.3, -0.25) is 4.98 Å². The van der Waals surface area contributed by atoms with Gasteiger partial charge in [-0.1, -0.05) is 0 Å². The van der Waals surface area contributed by atoms with Crippen molar-refractivity contribution in [3.63, 3.8) is 0 Å². The van der Waals surface area contributed by atoms with E-state index in [2.05, 4.69) is 43.6 Å². The Kier molecular flexibility index (Phi) is 5.35. The number of rotatable bonds is 4. The number of piperazine rings is 1. The van der Waals surface area contributed by atoms with E-state index in [0.717, 1.165) is 30.3 Å². The number of aromatic nitrogens is 5. The van der Waals surface area contributed by atoms with E-state index in [9.17, 15) is 5.11 Å². The summed E-state index contributed by atoms with van der Waals surface area (Å²) in [6, 6.07) is 8.13. The average Bonchev–Trinajstić information content (AvgIpc) is 2.74. The summed E-state index contributed by atoms with van der Waals surface area (Å²) in [5.41, 5.74) is 0.903. The number of nitrogens with zero attached hydrogens (tertiary/aromatic N) is 7. The second-order valence-corrected chi connectivity index (χ2v) is 7.44. The van der Waals surface area contributed by atoms with Crippen molar-refractivity contribution < 1.29 is 5.11 Å². The van der Waals surface area contributed by atoms with Crippen molar-refractivity contribution >= 4 is 11.6 Å². The minimum atomic E-state index is -0.686. The fourth-order valence-corrected chi connectivity index (χ4v) is 3.83. The number of hydrogen-bond donors (Lipinski definition) is 1. The van der Waals surface area contributed by atoms with Crippen LogP contribution in [0.2, 0.25) is 0 Å². The predicted molar refractivity (Wildman–Crippen MR) is 112 cm³/mol. The molecule has 150 valence electrons. The molecule has 8 nitrogen and oxygen atoms in total. The molecule has 3 atom stereocenters. The second-order valence-electron chi connectivity index (χ2n) is 7.44. The third kappa shape index (κ3) is 4.02. The highest BCUT2D eigenvalue weighted by molar-refractivity contribution is 5.56. The van der Waals surface area contributed by atoms with Crippen molar-refractivity contribution in [1.82, 2.24) is 24.9 Å². The summed E-state index contributed by atoms with van der Waals surface area (Å²) < 4.78 is 0. The monoisotopic (exact) mass is 391 g/mol. The van der Waals surface area contributed by atoms with Gasteiger partial charge in [0.15, 0.2) is 11.6 Å². The highest BCUT2D eigenvalue weighted by Gasteiger charge is 2.31. The highest BCUT2D eigenvalue weighted by Crippen LogP contribution is 2.27. The lowest BCUT2D eigenvalue weighted by atomic mass is 10.1. The Balaban J connectivity index is 1.56. The zero-order valence-electron chi connectivity index (χ0n) is 16.8. The van der Waals surface area contributed by atoms with E-state index in [1.54, 1.807) is 31.7 Å². The van der Waals surface area contributed by atoms with E-state index in [0.29, 0.717) is 11.6 Å². The quantitative estimate of drug-likeness (QED) is 0.725. The first kappa shape index (κ1) is 19.2. The van der Waals surface area contributed by atoms with Gasteiger partial charge in [0.05, 0.1) is 0 Å². The van der Waals surface area contributed by atoms with Crippen LogP contribution >= 0.6 is 0 Å². The maximum Gasteiger partial charge on any atom is 0.163 e. The van der Waals surface area contributed by atoms with Gasteiger partial charge in [-0.05, 0) is 45.0 Å². The zero-order valence-corrected chi connectivity index (χ0v) is 16.8. The maximum atomic E-state index is 9.82. The van der Waals surface area contributed by atoms with Gasteiger partial charge in [0.2, 0.25) is 0 Å². The fourth-order valence-electron chi connectivity index (χ4n) is 3.83. The summed E-state index contributed by atoms with van der Waals surface area (Å²) in [5.74, 6) is 2.87. The highest BCUT2D eigenvalue weighted by atomic mass is 16.3. The molecule has 1 saturated heterocycles. The molecule has 0 amide bonds. The topological polar surface area (TPSA) is 91.2 Å². The Morgan fingerprint density at radius 3 is 2.38 bits per heavy atom. The molecular formula is C21H25N7O. The molecular weight excluding hydrogens is 366 g/mol. The zero-order chi connectivity index (χ0) is 20.4. The average molecular weight is 391 g/mol. The molecule has 0 saturated carbocycles. The van der Waals surface area contributed by atoms with Crippen molar-refractivity contribution in [3.05, 3.63) is 54.9 Å². The standard InChI is InChI=1S/C21H25N7O/c1-14-12-27(18-6-9-24-21(25-18)17-5-4-8-22-11-17)13-15(2)28(14)19-7-10-23-20(26-19)16(3)29/h4-11,14-16,29H,12-13H2,1-3H3/t14-,15+,16-/m1/s1. The van der Waals surface area contributed by atoms with Crippen molar-refractivity contribution in [2.24, 2.45) is 0 Å². The first-order valence-corrected chi connectivity index (χ1v) is 9.80. The molecule has 0 aliphatic carbocycles. The van der Waals surface area contributed by atoms with Crippen LogP contribution in [0.25, 0.3) is 11.4 Å². The van der Waals surface area contributed by atoms with Crippen molar-refractivity contribution in [1.29, 1.82) is 0 Å². The Labute approximate surface area is 170 Å². The van der Waals surface area contributed by atoms with Gasteiger partial charge in [-0.25, -0.2) is 19.9 Å². The van der Waals surface area contributed by atoms with Crippen molar-refractivity contribution in [2.75, 3.05) is 22.9 Å². The van der Waals surface area contributed by atoms with E-state index in [-0.39, 0.29) is 12.1 Å². The van der Waals surface area contributed by atoms with Gasteiger partial charge in [0.25, 0.3) is 0 Å². The molecule has 0 aromatic carbocycles. The molecule has 1 N–H and O–H groups in total. The Hall–Kier alpha value is -3.13.